The first-order valence-electron chi connectivity index (χ1n) is 13.4. The Bertz CT molecular complexity index is 994. The van der Waals surface area contributed by atoms with E-state index >= 15 is 0 Å². The van der Waals surface area contributed by atoms with Crippen molar-refractivity contribution in [3.63, 3.8) is 0 Å². The van der Waals surface area contributed by atoms with Crippen molar-refractivity contribution in [2.24, 2.45) is 5.92 Å². The van der Waals surface area contributed by atoms with Crippen molar-refractivity contribution < 1.29 is 23.0 Å². The van der Waals surface area contributed by atoms with Crippen LogP contribution in [0.1, 0.15) is 99.9 Å². The Morgan fingerprint density at radius 3 is 2.25 bits per heavy atom. The van der Waals surface area contributed by atoms with Gasteiger partial charge in [0.15, 0.2) is 0 Å². The summed E-state index contributed by atoms with van der Waals surface area (Å²) in [5.41, 5.74) is 2.78. The fraction of sp³-hybridized carbons (Fsp3) is 0.655. The molecule has 7 heteroatoms. The molecule has 0 radical (unpaired) electrons. The van der Waals surface area contributed by atoms with Crippen molar-refractivity contribution in [2.45, 2.75) is 103 Å². The van der Waals surface area contributed by atoms with E-state index in [0.29, 0.717) is 30.4 Å². The lowest BCUT2D eigenvalue weighted by molar-refractivity contribution is -0.137. The monoisotopic (exact) mass is 506 g/mol. The SMILES string of the molecule is Cc1c(C(O)NC2CCOCC2)cn(-c2cc(C(C)(C)C)cc(C(F)(F)F)c2)c1CC1CCCCC1. The van der Waals surface area contributed by atoms with Gasteiger partial charge in [-0.05, 0) is 66.8 Å². The minimum absolute atomic E-state index is 0.152. The molecule has 2 heterocycles. The zero-order valence-electron chi connectivity index (χ0n) is 22.0. The summed E-state index contributed by atoms with van der Waals surface area (Å²) in [7, 11) is 0. The molecule has 1 saturated heterocycles. The zero-order valence-corrected chi connectivity index (χ0v) is 22.0. The van der Waals surface area contributed by atoms with Crippen molar-refractivity contribution in [2.75, 3.05) is 13.2 Å². The highest BCUT2D eigenvalue weighted by molar-refractivity contribution is 5.48. The third-order valence-corrected chi connectivity index (χ3v) is 7.93. The Hall–Kier alpha value is -1.83. The van der Waals surface area contributed by atoms with Gasteiger partial charge in [-0.2, -0.15) is 13.2 Å². The van der Waals surface area contributed by atoms with Crippen LogP contribution in [0.5, 0.6) is 0 Å². The van der Waals surface area contributed by atoms with E-state index in [1.54, 1.807) is 0 Å². The molecule has 1 aliphatic carbocycles. The van der Waals surface area contributed by atoms with Crippen molar-refractivity contribution in [3.8, 4) is 5.69 Å². The Balaban J connectivity index is 1.78. The van der Waals surface area contributed by atoms with E-state index in [9.17, 15) is 18.3 Å². The molecular weight excluding hydrogens is 465 g/mol. The summed E-state index contributed by atoms with van der Waals surface area (Å²) in [5, 5.41) is 14.5. The first-order chi connectivity index (χ1) is 16.9. The van der Waals surface area contributed by atoms with E-state index in [1.165, 1.54) is 31.4 Å². The summed E-state index contributed by atoms with van der Waals surface area (Å²) in [5.74, 6) is 0.507. The van der Waals surface area contributed by atoms with Gasteiger partial charge < -0.3 is 14.4 Å². The summed E-state index contributed by atoms with van der Waals surface area (Å²) in [6.45, 7) is 9.13. The van der Waals surface area contributed by atoms with Crippen LogP contribution in [0, 0.1) is 12.8 Å². The number of aromatic nitrogens is 1. The molecule has 1 saturated carbocycles. The van der Waals surface area contributed by atoms with Crippen LogP contribution in [-0.4, -0.2) is 28.9 Å². The second kappa shape index (κ2) is 10.9. The van der Waals surface area contributed by atoms with Gasteiger partial charge in [0, 0.05) is 42.4 Å². The molecule has 4 nitrogen and oxygen atoms in total. The van der Waals surface area contributed by atoms with Crippen LogP contribution in [0.4, 0.5) is 13.2 Å². The van der Waals surface area contributed by atoms with Gasteiger partial charge in [-0.1, -0.05) is 52.9 Å². The molecule has 4 rings (SSSR count). The number of ether oxygens (including phenoxy) is 1. The van der Waals surface area contributed by atoms with Crippen molar-refractivity contribution in [3.05, 3.63) is 52.3 Å². The highest BCUT2D eigenvalue weighted by atomic mass is 19.4. The molecule has 2 N–H and O–H groups in total. The van der Waals surface area contributed by atoms with Crippen LogP contribution >= 0.6 is 0 Å². The number of aliphatic hydroxyl groups excluding tert-OH is 1. The Morgan fingerprint density at radius 2 is 1.64 bits per heavy atom. The molecule has 2 fully saturated rings. The number of hydrogen-bond donors (Lipinski definition) is 2. The van der Waals surface area contributed by atoms with Gasteiger partial charge in [-0.3, -0.25) is 5.32 Å². The second-order valence-corrected chi connectivity index (χ2v) is 11.7. The van der Waals surface area contributed by atoms with Crippen LogP contribution in [0.25, 0.3) is 5.69 Å². The van der Waals surface area contributed by atoms with Crippen LogP contribution in [0.15, 0.2) is 24.4 Å². The maximum Gasteiger partial charge on any atom is 0.416 e. The highest BCUT2D eigenvalue weighted by Gasteiger charge is 2.33. The fourth-order valence-corrected chi connectivity index (χ4v) is 5.61. The van der Waals surface area contributed by atoms with Crippen LogP contribution in [0.2, 0.25) is 0 Å². The largest absolute Gasteiger partial charge is 0.416 e. The molecule has 1 unspecified atom stereocenters. The number of nitrogens with zero attached hydrogens (tertiary/aromatic N) is 1. The Labute approximate surface area is 213 Å². The number of hydrogen-bond acceptors (Lipinski definition) is 3. The molecule has 1 atom stereocenters. The normalized spacial score (nSPS) is 19.6. The van der Waals surface area contributed by atoms with E-state index in [1.807, 2.05) is 44.5 Å². The highest BCUT2D eigenvalue weighted by Crippen LogP contribution is 2.37. The number of nitrogens with one attached hydrogen (secondary N) is 1. The third kappa shape index (κ3) is 6.35. The first kappa shape index (κ1) is 27.2. The van der Waals surface area contributed by atoms with Gasteiger partial charge in [0.1, 0.15) is 6.23 Å². The topological polar surface area (TPSA) is 46.4 Å². The number of benzene rings is 1. The van der Waals surface area contributed by atoms with Crippen molar-refractivity contribution in [1.29, 1.82) is 0 Å². The fourth-order valence-electron chi connectivity index (χ4n) is 5.61. The summed E-state index contributed by atoms with van der Waals surface area (Å²) >= 11 is 0. The van der Waals surface area contributed by atoms with E-state index in [4.69, 9.17) is 4.74 Å². The van der Waals surface area contributed by atoms with Crippen LogP contribution < -0.4 is 5.32 Å². The molecule has 0 spiro atoms. The Morgan fingerprint density at radius 1 is 1.00 bits per heavy atom. The number of alkyl halides is 3. The minimum atomic E-state index is -4.44. The maximum atomic E-state index is 13.9. The third-order valence-electron chi connectivity index (χ3n) is 7.93. The molecule has 2 aromatic rings. The molecule has 2 aliphatic rings. The van der Waals surface area contributed by atoms with Gasteiger partial charge in [0.25, 0.3) is 0 Å². The summed E-state index contributed by atoms with van der Waals surface area (Å²) in [6, 6.07) is 4.55. The predicted octanol–water partition coefficient (Wildman–Crippen LogP) is 6.98. The molecule has 0 amide bonds. The van der Waals surface area contributed by atoms with E-state index < -0.39 is 23.4 Å². The summed E-state index contributed by atoms with van der Waals surface area (Å²) < 4.78 is 49.1. The molecule has 200 valence electrons. The van der Waals surface area contributed by atoms with Gasteiger partial charge in [0.2, 0.25) is 0 Å². The first-order valence-corrected chi connectivity index (χ1v) is 13.4. The number of halogens is 3. The van der Waals surface area contributed by atoms with E-state index in [-0.39, 0.29) is 6.04 Å². The second-order valence-electron chi connectivity index (χ2n) is 11.7. The minimum Gasteiger partial charge on any atom is -0.381 e. The average Bonchev–Trinajstić information content (AvgIpc) is 3.15. The van der Waals surface area contributed by atoms with Gasteiger partial charge in [-0.15, -0.1) is 0 Å². The lowest BCUT2D eigenvalue weighted by Crippen LogP contribution is -2.37. The quantitative estimate of drug-likeness (QED) is 0.415. The molecule has 36 heavy (non-hydrogen) atoms. The summed E-state index contributed by atoms with van der Waals surface area (Å²) in [4.78, 5) is 0. The lowest BCUT2D eigenvalue weighted by Gasteiger charge is -2.26. The number of rotatable bonds is 6. The van der Waals surface area contributed by atoms with Gasteiger partial charge in [-0.25, -0.2) is 0 Å². The molecule has 1 aliphatic heterocycles. The molecule has 0 bridgehead atoms. The van der Waals surface area contributed by atoms with Crippen molar-refractivity contribution >= 4 is 0 Å². The summed E-state index contributed by atoms with van der Waals surface area (Å²) in [6.07, 6.45) is 4.91. The van der Waals surface area contributed by atoms with Crippen LogP contribution in [-0.2, 0) is 22.7 Å². The van der Waals surface area contributed by atoms with E-state index in [0.717, 1.165) is 48.9 Å². The maximum absolute atomic E-state index is 13.9. The smallest absolute Gasteiger partial charge is 0.381 e. The average molecular weight is 507 g/mol. The predicted molar refractivity (Wildman–Crippen MR) is 136 cm³/mol. The standard InChI is InChI=1S/C29H41F3N2O2/c1-19-25(27(35)33-23-10-12-36-13-11-23)18-34(26(19)14-20-8-6-5-7-9-20)24-16-21(28(2,3)4)15-22(17-24)29(30,31)32/h15-18,20,23,27,33,35H,5-14H2,1-4H3. The van der Waals surface area contributed by atoms with Gasteiger partial charge >= 0.3 is 6.18 Å². The van der Waals surface area contributed by atoms with E-state index in [2.05, 4.69) is 5.32 Å². The number of aliphatic hydroxyl groups is 1. The Kier molecular flexibility index (Phi) is 8.22. The molecule has 1 aromatic carbocycles. The van der Waals surface area contributed by atoms with Crippen molar-refractivity contribution in [1.82, 2.24) is 9.88 Å². The molecular formula is C29H41F3N2O2. The van der Waals surface area contributed by atoms with Crippen LogP contribution in [0.3, 0.4) is 0 Å². The van der Waals surface area contributed by atoms with Gasteiger partial charge in [0.05, 0.1) is 5.56 Å². The molecule has 1 aromatic heterocycles. The lowest BCUT2D eigenvalue weighted by atomic mass is 9.85. The zero-order chi connectivity index (χ0) is 26.1.